The van der Waals surface area contributed by atoms with E-state index in [4.69, 9.17) is 10.5 Å². The summed E-state index contributed by atoms with van der Waals surface area (Å²) in [4.78, 5) is 14.9. The number of hydrogen-bond donors (Lipinski definition) is 2. The average molecular weight is 371 g/mol. The van der Waals surface area contributed by atoms with E-state index in [2.05, 4.69) is 15.9 Å². The lowest BCUT2D eigenvalue weighted by atomic mass is 10.2. The first-order valence-electron chi connectivity index (χ1n) is 6.59. The standard InChI is InChI=1S/C14H15BrN2O3S/c15-8-1-2-11-10(5-8)12(16)13(21-11)14(19)17-3-4-20-7-9(17)6-18/h1-2,5,9,18H,3-4,6-7,16H2. The lowest BCUT2D eigenvalue weighted by molar-refractivity contribution is -0.0181. The Hall–Kier alpha value is -1.15. The first-order valence-corrected chi connectivity index (χ1v) is 8.20. The molecule has 2 aromatic rings. The second-order valence-electron chi connectivity index (χ2n) is 4.90. The van der Waals surface area contributed by atoms with Gasteiger partial charge < -0.3 is 20.5 Å². The van der Waals surface area contributed by atoms with Crippen LogP contribution in [0.5, 0.6) is 0 Å². The minimum absolute atomic E-state index is 0.109. The van der Waals surface area contributed by atoms with E-state index in [1.807, 2.05) is 18.2 Å². The molecular formula is C14H15BrN2O3S. The normalized spacial score (nSPS) is 19.1. The Balaban J connectivity index is 1.99. The molecule has 0 spiro atoms. The zero-order chi connectivity index (χ0) is 15.0. The highest BCUT2D eigenvalue weighted by Crippen LogP contribution is 2.36. The second-order valence-corrected chi connectivity index (χ2v) is 6.86. The number of nitrogens with zero attached hydrogens (tertiary/aromatic N) is 1. The molecule has 1 amide bonds. The smallest absolute Gasteiger partial charge is 0.266 e. The summed E-state index contributed by atoms with van der Waals surface area (Å²) in [5.41, 5.74) is 6.65. The van der Waals surface area contributed by atoms with Gasteiger partial charge in [0.25, 0.3) is 5.91 Å². The highest BCUT2D eigenvalue weighted by atomic mass is 79.9. The molecule has 2 heterocycles. The third kappa shape index (κ3) is 2.66. The third-order valence-electron chi connectivity index (χ3n) is 3.58. The summed E-state index contributed by atoms with van der Waals surface area (Å²) in [6.07, 6.45) is 0. The van der Waals surface area contributed by atoms with Gasteiger partial charge in [-0.05, 0) is 18.2 Å². The van der Waals surface area contributed by atoms with Crippen molar-refractivity contribution in [2.75, 3.05) is 32.1 Å². The maximum atomic E-state index is 12.7. The molecular weight excluding hydrogens is 356 g/mol. The van der Waals surface area contributed by atoms with Crippen molar-refractivity contribution in [3.63, 3.8) is 0 Å². The van der Waals surface area contributed by atoms with E-state index in [1.54, 1.807) is 4.90 Å². The second kappa shape index (κ2) is 5.92. The van der Waals surface area contributed by atoms with Crippen LogP contribution in [0.1, 0.15) is 9.67 Å². The molecule has 1 aliphatic rings. The molecule has 112 valence electrons. The summed E-state index contributed by atoms with van der Waals surface area (Å²) in [6.45, 7) is 1.21. The van der Waals surface area contributed by atoms with Crippen molar-refractivity contribution < 1.29 is 14.6 Å². The van der Waals surface area contributed by atoms with Crippen LogP contribution in [0.15, 0.2) is 22.7 Å². The van der Waals surface area contributed by atoms with Gasteiger partial charge in [0.2, 0.25) is 0 Å². The number of nitrogens with two attached hydrogens (primary N) is 1. The Kier molecular flexibility index (Phi) is 4.17. The number of aliphatic hydroxyl groups excluding tert-OH is 1. The summed E-state index contributed by atoms with van der Waals surface area (Å²) in [5.74, 6) is -0.132. The predicted molar refractivity (Wildman–Crippen MR) is 86.7 cm³/mol. The SMILES string of the molecule is Nc1c(C(=O)N2CCOCC2CO)sc2ccc(Br)cc12. The summed E-state index contributed by atoms with van der Waals surface area (Å²) in [7, 11) is 0. The average Bonchev–Trinajstić information content (AvgIpc) is 2.83. The van der Waals surface area contributed by atoms with Crippen LogP contribution in [-0.4, -0.2) is 48.3 Å². The fourth-order valence-electron chi connectivity index (χ4n) is 2.45. The van der Waals surface area contributed by atoms with Crippen LogP contribution in [0, 0.1) is 0 Å². The minimum atomic E-state index is -0.303. The van der Waals surface area contributed by atoms with Crippen LogP contribution >= 0.6 is 27.3 Å². The summed E-state index contributed by atoms with van der Waals surface area (Å²) in [6, 6.07) is 5.49. The molecule has 0 aliphatic carbocycles. The van der Waals surface area contributed by atoms with Gasteiger partial charge in [0.1, 0.15) is 4.88 Å². The molecule has 3 N–H and O–H groups in total. The van der Waals surface area contributed by atoms with E-state index >= 15 is 0 Å². The van der Waals surface area contributed by atoms with E-state index < -0.39 is 0 Å². The van der Waals surface area contributed by atoms with E-state index in [0.29, 0.717) is 30.3 Å². The van der Waals surface area contributed by atoms with Gasteiger partial charge >= 0.3 is 0 Å². The molecule has 1 atom stereocenters. The van der Waals surface area contributed by atoms with Crippen molar-refractivity contribution in [2.45, 2.75) is 6.04 Å². The number of benzene rings is 1. The minimum Gasteiger partial charge on any atom is -0.397 e. The lowest BCUT2D eigenvalue weighted by Gasteiger charge is -2.34. The molecule has 1 saturated heterocycles. The number of hydrogen-bond acceptors (Lipinski definition) is 5. The largest absolute Gasteiger partial charge is 0.397 e. The number of thiophene rings is 1. The molecule has 0 radical (unpaired) electrons. The van der Waals surface area contributed by atoms with Crippen LogP contribution in [0.3, 0.4) is 0 Å². The van der Waals surface area contributed by atoms with Crippen molar-refractivity contribution in [1.29, 1.82) is 0 Å². The van der Waals surface area contributed by atoms with Gasteiger partial charge in [-0.3, -0.25) is 4.79 Å². The molecule has 21 heavy (non-hydrogen) atoms. The summed E-state index contributed by atoms with van der Waals surface area (Å²) >= 11 is 4.80. The summed E-state index contributed by atoms with van der Waals surface area (Å²) < 4.78 is 7.21. The molecule has 1 aromatic heterocycles. The van der Waals surface area contributed by atoms with Gasteiger partial charge in [-0.1, -0.05) is 15.9 Å². The van der Waals surface area contributed by atoms with Gasteiger partial charge in [-0.2, -0.15) is 0 Å². The van der Waals surface area contributed by atoms with Crippen LogP contribution in [0.25, 0.3) is 10.1 Å². The van der Waals surface area contributed by atoms with Gasteiger partial charge in [0.15, 0.2) is 0 Å². The molecule has 5 nitrogen and oxygen atoms in total. The molecule has 1 unspecified atom stereocenters. The van der Waals surface area contributed by atoms with E-state index in [0.717, 1.165) is 14.6 Å². The van der Waals surface area contributed by atoms with Gasteiger partial charge in [-0.25, -0.2) is 0 Å². The fraction of sp³-hybridized carbons (Fsp3) is 0.357. The zero-order valence-corrected chi connectivity index (χ0v) is 13.6. The molecule has 7 heteroatoms. The molecule has 1 aromatic carbocycles. The number of carbonyl (C=O) groups excluding carboxylic acids is 1. The lowest BCUT2D eigenvalue weighted by Crippen LogP contribution is -2.50. The monoisotopic (exact) mass is 370 g/mol. The molecule has 1 fully saturated rings. The maximum Gasteiger partial charge on any atom is 0.266 e. The Labute approximate surface area is 134 Å². The van der Waals surface area contributed by atoms with Crippen molar-refractivity contribution in [2.24, 2.45) is 0 Å². The Morgan fingerprint density at radius 2 is 2.38 bits per heavy atom. The molecule has 1 aliphatic heterocycles. The zero-order valence-electron chi connectivity index (χ0n) is 11.2. The first kappa shape index (κ1) is 14.8. The number of amides is 1. The van der Waals surface area contributed by atoms with Gasteiger partial charge in [-0.15, -0.1) is 11.3 Å². The number of carbonyl (C=O) groups is 1. The number of aliphatic hydroxyl groups is 1. The van der Waals surface area contributed by atoms with Crippen molar-refractivity contribution in [3.05, 3.63) is 27.5 Å². The number of morpholine rings is 1. The van der Waals surface area contributed by atoms with E-state index in [1.165, 1.54) is 11.3 Å². The molecule has 3 rings (SSSR count). The fourth-order valence-corrected chi connectivity index (χ4v) is 3.87. The van der Waals surface area contributed by atoms with E-state index in [9.17, 15) is 9.90 Å². The van der Waals surface area contributed by atoms with Crippen molar-refractivity contribution in [3.8, 4) is 0 Å². The number of nitrogen functional groups attached to an aromatic ring is 1. The maximum absolute atomic E-state index is 12.7. The van der Waals surface area contributed by atoms with Crippen LogP contribution in [0.2, 0.25) is 0 Å². The van der Waals surface area contributed by atoms with Crippen molar-refractivity contribution in [1.82, 2.24) is 4.90 Å². The number of anilines is 1. The number of ether oxygens (including phenoxy) is 1. The van der Waals surface area contributed by atoms with Gasteiger partial charge in [0, 0.05) is 21.1 Å². The highest BCUT2D eigenvalue weighted by molar-refractivity contribution is 9.10. The van der Waals surface area contributed by atoms with E-state index in [-0.39, 0.29) is 18.6 Å². The molecule has 0 saturated carbocycles. The van der Waals surface area contributed by atoms with Crippen LogP contribution in [0.4, 0.5) is 5.69 Å². The quantitative estimate of drug-likeness (QED) is 0.848. The molecule has 0 bridgehead atoms. The van der Waals surface area contributed by atoms with Crippen molar-refractivity contribution >= 4 is 48.9 Å². The third-order valence-corrected chi connectivity index (χ3v) is 5.25. The first-order chi connectivity index (χ1) is 10.1. The number of rotatable bonds is 2. The summed E-state index contributed by atoms with van der Waals surface area (Å²) in [5, 5.41) is 10.3. The Morgan fingerprint density at radius 1 is 1.57 bits per heavy atom. The van der Waals surface area contributed by atoms with Crippen LogP contribution < -0.4 is 5.73 Å². The highest BCUT2D eigenvalue weighted by Gasteiger charge is 2.30. The number of fused-ring (bicyclic) bond motifs is 1. The Bertz CT molecular complexity index is 688. The van der Waals surface area contributed by atoms with Gasteiger partial charge in [0.05, 0.1) is 31.5 Å². The topological polar surface area (TPSA) is 75.8 Å². The van der Waals surface area contributed by atoms with Crippen LogP contribution in [-0.2, 0) is 4.74 Å². The predicted octanol–water partition coefficient (Wildman–Crippen LogP) is 2.08. The Morgan fingerprint density at radius 3 is 3.14 bits per heavy atom. The number of halogens is 1.